The molecule has 2 atom stereocenters. The third-order valence-corrected chi connectivity index (χ3v) is 5.78. The Kier molecular flexibility index (Phi) is 3.68. The van der Waals surface area contributed by atoms with Crippen LogP contribution in [0, 0.1) is 18.7 Å². The molecule has 2 aliphatic rings. The lowest BCUT2D eigenvalue weighted by Gasteiger charge is -2.29. The topological polar surface area (TPSA) is 32.7 Å². The summed E-state index contributed by atoms with van der Waals surface area (Å²) >= 11 is 1.70. The summed E-state index contributed by atoms with van der Waals surface area (Å²) in [7, 11) is 0. The van der Waals surface area contributed by atoms with Crippen molar-refractivity contribution in [1.82, 2.24) is 5.01 Å². The van der Waals surface area contributed by atoms with Gasteiger partial charge in [0.25, 0.3) is 0 Å². The number of hydrazone groups is 1. The standard InChI is InChI=1S/C19H17FN2OS/c1-11-3-5-13(6-4-11)19-16-10-24-17-8-7-14(20)9-15(17)18(16)21-22(19)12(2)23/h3-9,16,19H,10H2,1-2H3/t16-,19+/m1/s1. The van der Waals surface area contributed by atoms with E-state index in [-0.39, 0.29) is 23.7 Å². The maximum Gasteiger partial charge on any atom is 0.240 e. The Bertz CT molecular complexity index is 847. The SMILES string of the molecule is CC(=O)N1N=C2c3cc(F)ccc3SC[C@H]2[C@@H]1c1ccc(C)cc1. The molecule has 0 aliphatic carbocycles. The molecule has 0 N–H and O–H groups in total. The highest BCUT2D eigenvalue weighted by atomic mass is 32.2. The van der Waals surface area contributed by atoms with Gasteiger partial charge in [-0.15, -0.1) is 11.8 Å². The second-order valence-electron chi connectivity index (χ2n) is 6.26. The molecule has 2 aromatic carbocycles. The van der Waals surface area contributed by atoms with Crippen molar-refractivity contribution in [1.29, 1.82) is 0 Å². The van der Waals surface area contributed by atoms with Crippen LogP contribution >= 0.6 is 11.8 Å². The van der Waals surface area contributed by atoms with Crippen LogP contribution < -0.4 is 0 Å². The molecular formula is C19H17FN2OS. The van der Waals surface area contributed by atoms with Crippen LogP contribution in [0.1, 0.15) is 29.7 Å². The van der Waals surface area contributed by atoms with Crippen molar-refractivity contribution >= 4 is 23.4 Å². The van der Waals surface area contributed by atoms with Crippen LogP contribution in [0.2, 0.25) is 0 Å². The largest absolute Gasteiger partial charge is 0.273 e. The number of hydrogen-bond donors (Lipinski definition) is 0. The van der Waals surface area contributed by atoms with Crippen LogP contribution in [0.5, 0.6) is 0 Å². The molecule has 0 bridgehead atoms. The smallest absolute Gasteiger partial charge is 0.240 e. The van der Waals surface area contributed by atoms with Gasteiger partial charge in [0.2, 0.25) is 5.91 Å². The number of aryl methyl sites for hydroxylation is 1. The Hall–Kier alpha value is -2.14. The molecule has 0 saturated heterocycles. The Morgan fingerprint density at radius 2 is 2.00 bits per heavy atom. The van der Waals surface area contributed by atoms with Gasteiger partial charge in [-0.25, -0.2) is 9.40 Å². The van der Waals surface area contributed by atoms with Crippen molar-refractivity contribution in [2.24, 2.45) is 11.0 Å². The zero-order chi connectivity index (χ0) is 16.8. The molecular weight excluding hydrogens is 323 g/mol. The lowest BCUT2D eigenvalue weighted by Crippen LogP contribution is -2.31. The van der Waals surface area contributed by atoms with Crippen molar-refractivity contribution in [3.05, 3.63) is 65.0 Å². The number of amides is 1. The molecule has 24 heavy (non-hydrogen) atoms. The van der Waals surface area contributed by atoms with E-state index in [0.717, 1.165) is 27.5 Å². The summed E-state index contributed by atoms with van der Waals surface area (Å²) in [5, 5.41) is 6.15. The van der Waals surface area contributed by atoms with Crippen LogP contribution in [0.25, 0.3) is 0 Å². The highest BCUT2D eigenvalue weighted by Gasteiger charge is 2.43. The first-order valence-corrected chi connectivity index (χ1v) is 8.91. The summed E-state index contributed by atoms with van der Waals surface area (Å²) in [5.41, 5.74) is 3.89. The molecule has 3 nitrogen and oxygen atoms in total. The monoisotopic (exact) mass is 340 g/mol. The van der Waals surface area contributed by atoms with Gasteiger partial charge in [0, 0.05) is 29.1 Å². The number of rotatable bonds is 1. The minimum absolute atomic E-state index is 0.0795. The Labute approximate surface area is 144 Å². The van der Waals surface area contributed by atoms with E-state index in [9.17, 15) is 9.18 Å². The van der Waals surface area contributed by atoms with E-state index in [4.69, 9.17) is 0 Å². The van der Waals surface area contributed by atoms with Crippen LogP contribution in [0.15, 0.2) is 52.5 Å². The number of halogens is 1. The van der Waals surface area contributed by atoms with E-state index < -0.39 is 0 Å². The predicted octanol–water partition coefficient (Wildman–Crippen LogP) is 4.16. The molecule has 4 rings (SSSR count). The predicted molar refractivity (Wildman–Crippen MR) is 93.6 cm³/mol. The number of carbonyl (C=O) groups is 1. The molecule has 1 amide bonds. The first kappa shape index (κ1) is 15.4. The molecule has 0 aromatic heterocycles. The van der Waals surface area contributed by atoms with Crippen LogP contribution in [0.3, 0.4) is 0 Å². The van der Waals surface area contributed by atoms with Crippen LogP contribution in [-0.4, -0.2) is 22.4 Å². The first-order chi connectivity index (χ1) is 11.5. The molecule has 2 aliphatic heterocycles. The summed E-state index contributed by atoms with van der Waals surface area (Å²) in [6.45, 7) is 3.57. The number of hydrogen-bond acceptors (Lipinski definition) is 3. The fourth-order valence-electron chi connectivity index (χ4n) is 3.41. The van der Waals surface area contributed by atoms with Crippen molar-refractivity contribution in [3.63, 3.8) is 0 Å². The molecule has 0 unspecified atom stereocenters. The fraction of sp³-hybridized carbons (Fsp3) is 0.263. The van der Waals surface area contributed by atoms with E-state index in [1.54, 1.807) is 22.8 Å². The summed E-state index contributed by atoms with van der Waals surface area (Å²) in [4.78, 5) is 13.2. The second-order valence-corrected chi connectivity index (χ2v) is 7.32. The molecule has 0 radical (unpaired) electrons. The van der Waals surface area contributed by atoms with Gasteiger partial charge in [-0.1, -0.05) is 29.8 Å². The van der Waals surface area contributed by atoms with E-state index in [2.05, 4.69) is 29.4 Å². The molecule has 0 spiro atoms. The maximum atomic E-state index is 13.7. The van der Waals surface area contributed by atoms with Gasteiger partial charge in [-0.05, 0) is 30.7 Å². The van der Waals surface area contributed by atoms with Gasteiger partial charge in [-0.2, -0.15) is 5.10 Å². The van der Waals surface area contributed by atoms with Crippen LogP contribution in [-0.2, 0) is 4.79 Å². The Morgan fingerprint density at radius 3 is 2.71 bits per heavy atom. The molecule has 0 fully saturated rings. The minimum Gasteiger partial charge on any atom is -0.273 e. The quantitative estimate of drug-likeness (QED) is 0.781. The van der Waals surface area contributed by atoms with E-state index in [1.807, 2.05) is 6.92 Å². The summed E-state index contributed by atoms with van der Waals surface area (Å²) in [6.07, 6.45) is 0. The minimum atomic E-state index is -0.272. The second kappa shape index (κ2) is 5.74. The zero-order valence-electron chi connectivity index (χ0n) is 13.5. The van der Waals surface area contributed by atoms with E-state index >= 15 is 0 Å². The number of carbonyl (C=O) groups excluding carboxylic acids is 1. The highest BCUT2D eigenvalue weighted by molar-refractivity contribution is 7.99. The number of fused-ring (bicyclic) bond motifs is 3. The molecule has 2 heterocycles. The van der Waals surface area contributed by atoms with E-state index in [0.29, 0.717) is 0 Å². The van der Waals surface area contributed by atoms with E-state index in [1.165, 1.54) is 24.6 Å². The zero-order valence-corrected chi connectivity index (χ0v) is 14.3. The third-order valence-electron chi connectivity index (χ3n) is 4.59. The van der Waals surface area contributed by atoms with Crippen molar-refractivity contribution < 1.29 is 9.18 Å². The summed E-state index contributed by atoms with van der Waals surface area (Å²) < 4.78 is 13.7. The van der Waals surface area contributed by atoms with Gasteiger partial charge < -0.3 is 0 Å². The molecule has 122 valence electrons. The molecule has 0 saturated carbocycles. The average Bonchev–Trinajstić information content (AvgIpc) is 2.96. The Balaban J connectivity index is 1.81. The lowest BCUT2D eigenvalue weighted by molar-refractivity contribution is -0.131. The maximum absolute atomic E-state index is 13.7. The van der Waals surface area contributed by atoms with Crippen molar-refractivity contribution in [2.45, 2.75) is 24.8 Å². The summed E-state index contributed by atoms with van der Waals surface area (Å²) in [5.74, 6) is 0.548. The van der Waals surface area contributed by atoms with Crippen LogP contribution in [0.4, 0.5) is 4.39 Å². The fourth-order valence-corrected chi connectivity index (χ4v) is 4.59. The number of thioether (sulfide) groups is 1. The lowest BCUT2D eigenvalue weighted by atomic mass is 9.87. The average molecular weight is 340 g/mol. The van der Waals surface area contributed by atoms with Gasteiger partial charge in [-0.3, -0.25) is 4.79 Å². The molecule has 2 aromatic rings. The van der Waals surface area contributed by atoms with Gasteiger partial charge in [0.15, 0.2) is 0 Å². The third kappa shape index (κ3) is 2.44. The Morgan fingerprint density at radius 1 is 1.25 bits per heavy atom. The van der Waals surface area contributed by atoms with Gasteiger partial charge >= 0.3 is 0 Å². The normalized spacial score (nSPS) is 22.0. The van der Waals surface area contributed by atoms with Gasteiger partial charge in [0.1, 0.15) is 5.82 Å². The molecule has 5 heteroatoms. The van der Waals surface area contributed by atoms with Gasteiger partial charge in [0.05, 0.1) is 11.8 Å². The van der Waals surface area contributed by atoms with Crippen molar-refractivity contribution in [2.75, 3.05) is 5.75 Å². The first-order valence-electron chi connectivity index (χ1n) is 7.92. The highest BCUT2D eigenvalue weighted by Crippen LogP contribution is 2.45. The number of benzene rings is 2. The van der Waals surface area contributed by atoms with Crippen molar-refractivity contribution in [3.8, 4) is 0 Å². The summed E-state index contributed by atoms with van der Waals surface area (Å²) in [6, 6.07) is 12.9. The number of nitrogens with zero attached hydrogens (tertiary/aromatic N) is 2.